The van der Waals surface area contributed by atoms with E-state index in [1.54, 1.807) is 0 Å². The molecule has 14 heavy (non-hydrogen) atoms. The first-order valence-electron chi connectivity index (χ1n) is 5.42. The van der Waals surface area contributed by atoms with E-state index in [-0.39, 0.29) is 22.4 Å². The van der Waals surface area contributed by atoms with Gasteiger partial charge in [0.2, 0.25) is 0 Å². The van der Waals surface area contributed by atoms with Gasteiger partial charge in [-0.05, 0) is 27.2 Å². The number of carbonyl (C=O) groups excluding carboxylic acids is 1. The fraction of sp³-hybridized carbons (Fsp3) is 0.917. The number of cyclic esters (lactones) is 1. The second-order valence-electron chi connectivity index (χ2n) is 5.62. The van der Waals surface area contributed by atoms with Crippen LogP contribution in [0.3, 0.4) is 0 Å². The normalized spacial score (nSPS) is 34.3. The van der Waals surface area contributed by atoms with Crippen LogP contribution >= 0.6 is 0 Å². The van der Waals surface area contributed by atoms with E-state index in [1.807, 2.05) is 13.8 Å². The zero-order valence-corrected chi connectivity index (χ0v) is 10.2. The van der Waals surface area contributed by atoms with Crippen LogP contribution in [-0.2, 0) is 9.53 Å². The lowest BCUT2D eigenvalue weighted by Gasteiger charge is -2.40. The van der Waals surface area contributed by atoms with Crippen LogP contribution in [0.15, 0.2) is 0 Å². The molecule has 1 rings (SSSR count). The van der Waals surface area contributed by atoms with E-state index in [0.29, 0.717) is 0 Å². The monoisotopic (exact) mass is 198 g/mol. The molecule has 0 amide bonds. The van der Waals surface area contributed by atoms with Gasteiger partial charge in [0.05, 0.1) is 5.41 Å². The SMILES string of the molecule is CCCC1(C)OC(=O)C(C)(C)C1(C)C. The summed E-state index contributed by atoms with van der Waals surface area (Å²) in [7, 11) is 0. The molecule has 1 fully saturated rings. The lowest BCUT2D eigenvalue weighted by Crippen LogP contribution is -2.44. The van der Waals surface area contributed by atoms with Gasteiger partial charge >= 0.3 is 5.97 Å². The van der Waals surface area contributed by atoms with Crippen molar-refractivity contribution in [3.63, 3.8) is 0 Å². The predicted octanol–water partition coefficient (Wildman–Crippen LogP) is 3.15. The zero-order valence-electron chi connectivity index (χ0n) is 10.2. The van der Waals surface area contributed by atoms with E-state index in [1.165, 1.54) is 0 Å². The van der Waals surface area contributed by atoms with Gasteiger partial charge in [0.25, 0.3) is 0 Å². The fourth-order valence-electron chi connectivity index (χ4n) is 2.22. The Bertz CT molecular complexity index is 253. The van der Waals surface area contributed by atoms with Crippen molar-refractivity contribution in [3.8, 4) is 0 Å². The van der Waals surface area contributed by atoms with Crippen LogP contribution in [-0.4, -0.2) is 11.6 Å². The van der Waals surface area contributed by atoms with Gasteiger partial charge in [0.1, 0.15) is 5.60 Å². The highest BCUT2D eigenvalue weighted by Gasteiger charge is 2.62. The molecule has 0 aromatic carbocycles. The minimum absolute atomic E-state index is 0.0570. The summed E-state index contributed by atoms with van der Waals surface area (Å²) in [5.41, 5.74) is -0.785. The maximum atomic E-state index is 11.8. The van der Waals surface area contributed by atoms with E-state index in [0.717, 1.165) is 12.8 Å². The summed E-state index contributed by atoms with van der Waals surface area (Å²) in [5.74, 6) is -0.0570. The van der Waals surface area contributed by atoms with Crippen LogP contribution in [0, 0.1) is 10.8 Å². The Morgan fingerprint density at radius 1 is 1.14 bits per heavy atom. The summed E-state index contributed by atoms with van der Waals surface area (Å²) in [5, 5.41) is 0. The largest absolute Gasteiger partial charge is 0.458 e. The molecule has 0 bridgehead atoms. The van der Waals surface area contributed by atoms with Gasteiger partial charge in [-0.2, -0.15) is 0 Å². The summed E-state index contributed by atoms with van der Waals surface area (Å²) >= 11 is 0. The molecule has 82 valence electrons. The van der Waals surface area contributed by atoms with Crippen molar-refractivity contribution in [2.75, 3.05) is 0 Å². The number of carbonyl (C=O) groups is 1. The minimum atomic E-state index is -0.378. The van der Waals surface area contributed by atoms with Crippen molar-refractivity contribution in [3.05, 3.63) is 0 Å². The molecule has 1 heterocycles. The summed E-state index contributed by atoms with van der Waals surface area (Å²) in [4.78, 5) is 11.8. The smallest absolute Gasteiger partial charge is 0.312 e. The molecule has 0 aromatic rings. The number of ether oxygens (including phenoxy) is 1. The molecule has 1 unspecified atom stereocenters. The van der Waals surface area contributed by atoms with Gasteiger partial charge in [-0.3, -0.25) is 4.79 Å². The maximum Gasteiger partial charge on any atom is 0.312 e. The molecular weight excluding hydrogens is 176 g/mol. The Hall–Kier alpha value is -0.530. The number of esters is 1. The number of hydrogen-bond donors (Lipinski definition) is 0. The first-order valence-corrected chi connectivity index (χ1v) is 5.42. The lowest BCUT2D eigenvalue weighted by atomic mass is 9.61. The van der Waals surface area contributed by atoms with Crippen molar-refractivity contribution in [2.45, 2.75) is 60.0 Å². The molecule has 0 saturated carbocycles. The van der Waals surface area contributed by atoms with E-state index in [2.05, 4.69) is 27.7 Å². The summed E-state index contributed by atoms with van der Waals surface area (Å²) < 4.78 is 5.58. The molecule has 2 heteroatoms. The molecule has 1 aliphatic heterocycles. The van der Waals surface area contributed by atoms with Gasteiger partial charge in [-0.15, -0.1) is 0 Å². The minimum Gasteiger partial charge on any atom is -0.458 e. The third-order valence-corrected chi connectivity index (χ3v) is 4.44. The van der Waals surface area contributed by atoms with Crippen LogP contribution in [0.25, 0.3) is 0 Å². The first kappa shape index (κ1) is 11.5. The maximum absolute atomic E-state index is 11.8. The Balaban J connectivity index is 3.10. The number of rotatable bonds is 2. The van der Waals surface area contributed by atoms with Gasteiger partial charge in [-0.25, -0.2) is 0 Å². The highest BCUT2D eigenvalue weighted by Crippen LogP contribution is 2.56. The van der Waals surface area contributed by atoms with E-state index >= 15 is 0 Å². The van der Waals surface area contributed by atoms with Crippen LogP contribution < -0.4 is 0 Å². The van der Waals surface area contributed by atoms with Gasteiger partial charge in [0.15, 0.2) is 0 Å². The van der Waals surface area contributed by atoms with Crippen LogP contribution in [0.2, 0.25) is 0 Å². The summed E-state index contributed by atoms with van der Waals surface area (Å²) in [6, 6.07) is 0. The van der Waals surface area contributed by atoms with Crippen LogP contribution in [0.4, 0.5) is 0 Å². The van der Waals surface area contributed by atoms with Crippen molar-refractivity contribution in [2.24, 2.45) is 10.8 Å². The van der Waals surface area contributed by atoms with Gasteiger partial charge < -0.3 is 4.74 Å². The molecule has 0 aromatic heterocycles. The lowest BCUT2D eigenvalue weighted by molar-refractivity contribution is -0.153. The van der Waals surface area contributed by atoms with Crippen molar-refractivity contribution in [1.29, 1.82) is 0 Å². The van der Waals surface area contributed by atoms with Gasteiger partial charge in [0, 0.05) is 5.41 Å². The van der Waals surface area contributed by atoms with E-state index < -0.39 is 0 Å². The fourth-order valence-corrected chi connectivity index (χ4v) is 2.22. The van der Waals surface area contributed by atoms with Crippen molar-refractivity contribution < 1.29 is 9.53 Å². The molecule has 1 saturated heterocycles. The number of hydrogen-bond acceptors (Lipinski definition) is 2. The zero-order chi connectivity index (χ0) is 11.2. The molecule has 0 radical (unpaired) electrons. The Labute approximate surface area is 87.0 Å². The highest BCUT2D eigenvalue weighted by molar-refractivity contribution is 5.80. The summed E-state index contributed by atoms with van der Waals surface area (Å²) in [6.07, 6.45) is 1.98. The summed E-state index contributed by atoms with van der Waals surface area (Å²) in [6.45, 7) is 12.4. The molecule has 1 aliphatic rings. The molecule has 1 atom stereocenters. The highest BCUT2D eigenvalue weighted by atomic mass is 16.6. The van der Waals surface area contributed by atoms with Crippen molar-refractivity contribution in [1.82, 2.24) is 0 Å². The Morgan fingerprint density at radius 2 is 1.64 bits per heavy atom. The Morgan fingerprint density at radius 3 is 1.93 bits per heavy atom. The Kier molecular flexibility index (Phi) is 2.46. The van der Waals surface area contributed by atoms with E-state index in [4.69, 9.17) is 4.74 Å². The quantitative estimate of drug-likeness (QED) is 0.637. The molecule has 0 aliphatic carbocycles. The van der Waals surface area contributed by atoms with Crippen LogP contribution in [0.5, 0.6) is 0 Å². The predicted molar refractivity (Wildman–Crippen MR) is 57.0 cm³/mol. The average molecular weight is 198 g/mol. The third-order valence-electron chi connectivity index (χ3n) is 4.44. The topological polar surface area (TPSA) is 26.3 Å². The van der Waals surface area contributed by atoms with Crippen LogP contribution in [0.1, 0.15) is 54.4 Å². The first-order chi connectivity index (χ1) is 6.19. The second-order valence-corrected chi connectivity index (χ2v) is 5.62. The molecule has 0 spiro atoms. The van der Waals surface area contributed by atoms with Gasteiger partial charge in [-0.1, -0.05) is 27.2 Å². The average Bonchev–Trinajstić information content (AvgIpc) is 2.12. The standard InChI is InChI=1S/C12H22O2/c1-7-8-12(6)11(4,5)10(2,3)9(13)14-12/h7-8H2,1-6H3. The molecule has 2 nitrogen and oxygen atoms in total. The molecule has 0 N–H and O–H groups in total. The van der Waals surface area contributed by atoms with E-state index in [9.17, 15) is 4.79 Å². The third kappa shape index (κ3) is 1.19. The molecular formula is C12H22O2. The van der Waals surface area contributed by atoms with Crippen molar-refractivity contribution >= 4 is 5.97 Å². The second kappa shape index (κ2) is 2.98.